The van der Waals surface area contributed by atoms with Gasteiger partial charge in [-0.1, -0.05) is 0 Å². The van der Waals surface area contributed by atoms with Gasteiger partial charge in [-0.05, 0) is 54.4 Å². The molecule has 2 aliphatic rings. The molecule has 0 aromatic heterocycles. The van der Waals surface area contributed by atoms with Crippen molar-refractivity contribution < 1.29 is 0 Å². The van der Waals surface area contributed by atoms with E-state index in [9.17, 15) is 0 Å². The normalized spacial score (nSPS) is 31.3. The van der Waals surface area contributed by atoms with E-state index < -0.39 is 0 Å². The topological polar surface area (TPSA) is 18.5 Å². The van der Waals surface area contributed by atoms with Crippen molar-refractivity contribution in [1.29, 1.82) is 0 Å². The first-order valence-electron chi connectivity index (χ1n) is 7.92. The van der Waals surface area contributed by atoms with Crippen LogP contribution in [-0.2, 0) is 0 Å². The summed E-state index contributed by atoms with van der Waals surface area (Å²) in [7, 11) is 0. The smallest absolute Gasteiger partial charge is 0.0126 e. The van der Waals surface area contributed by atoms with Crippen molar-refractivity contribution in [3.8, 4) is 0 Å². The van der Waals surface area contributed by atoms with E-state index in [4.69, 9.17) is 0 Å². The van der Waals surface area contributed by atoms with Gasteiger partial charge in [-0.25, -0.2) is 0 Å². The largest absolute Gasteiger partial charge is 0.309 e. The van der Waals surface area contributed by atoms with Gasteiger partial charge < -0.3 is 5.32 Å². The summed E-state index contributed by atoms with van der Waals surface area (Å²) in [4.78, 5) is 5.33. The lowest BCUT2D eigenvalue weighted by Crippen LogP contribution is -2.61. The van der Waals surface area contributed by atoms with Crippen LogP contribution in [0.5, 0.6) is 0 Å². The maximum absolute atomic E-state index is 3.72. The zero-order chi connectivity index (χ0) is 14.3. The van der Waals surface area contributed by atoms with Crippen molar-refractivity contribution in [1.82, 2.24) is 15.1 Å². The highest BCUT2D eigenvalue weighted by atomic mass is 15.3. The number of nitrogens with one attached hydrogen (secondary N) is 1. The van der Waals surface area contributed by atoms with E-state index in [-0.39, 0.29) is 5.54 Å². The van der Waals surface area contributed by atoms with Gasteiger partial charge in [0.1, 0.15) is 0 Å². The van der Waals surface area contributed by atoms with Gasteiger partial charge in [0.05, 0.1) is 0 Å². The molecule has 1 saturated heterocycles. The second-order valence-corrected chi connectivity index (χ2v) is 8.41. The molecule has 0 aromatic carbocycles. The van der Waals surface area contributed by atoms with Crippen molar-refractivity contribution in [3.63, 3.8) is 0 Å². The molecule has 112 valence electrons. The van der Waals surface area contributed by atoms with Crippen LogP contribution in [0.4, 0.5) is 0 Å². The lowest BCUT2D eigenvalue weighted by Gasteiger charge is -2.50. The van der Waals surface area contributed by atoms with Gasteiger partial charge in [0.25, 0.3) is 0 Å². The third kappa shape index (κ3) is 4.17. The van der Waals surface area contributed by atoms with Gasteiger partial charge in [-0.3, -0.25) is 9.80 Å². The fraction of sp³-hybridized carbons (Fsp3) is 1.00. The van der Waals surface area contributed by atoms with E-state index in [0.29, 0.717) is 5.54 Å². The lowest BCUT2D eigenvalue weighted by molar-refractivity contribution is 0.00955. The summed E-state index contributed by atoms with van der Waals surface area (Å²) >= 11 is 0. The summed E-state index contributed by atoms with van der Waals surface area (Å²) in [6, 6.07) is 1.58. The summed E-state index contributed by atoms with van der Waals surface area (Å²) < 4.78 is 0. The van der Waals surface area contributed by atoms with Gasteiger partial charge in [0.15, 0.2) is 0 Å². The molecule has 2 rings (SSSR count). The van der Waals surface area contributed by atoms with Crippen LogP contribution in [0.3, 0.4) is 0 Å². The van der Waals surface area contributed by atoms with Gasteiger partial charge >= 0.3 is 0 Å². The highest BCUT2D eigenvalue weighted by Gasteiger charge is 2.37. The van der Waals surface area contributed by atoms with E-state index in [1.165, 1.54) is 39.0 Å². The number of hydrogen-bond acceptors (Lipinski definition) is 3. The summed E-state index contributed by atoms with van der Waals surface area (Å²) in [6.45, 7) is 18.8. The van der Waals surface area contributed by atoms with Crippen LogP contribution >= 0.6 is 0 Å². The first-order valence-corrected chi connectivity index (χ1v) is 7.92. The van der Waals surface area contributed by atoms with Gasteiger partial charge in [0, 0.05) is 49.3 Å². The van der Waals surface area contributed by atoms with Crippen LogP contribution in [0.1, 0.15) is 54.4 Å². The molecule has 3 heteroatoms. The van der Waals surface area contributed by atoms with Crippen LogP contribution in [0.25, 0.3) is 0 Å². The Morgan fingerprint density at radius 3 is 1.79 bits per heavy atom. The average molecular weight is 267 g/mol. The minimum Gasteiger partial charge on any atom is -0.309 e. The second-order valence-electron chi connectivity index (χ2n) is 8.41. The second kappa shape index (κ2) is 5.34. The molecule has 0 aromatic rings. The number of nitrogens with zero attached hydrogens (tertiary/aromatic N) is 2. The Kier molecular flexibility index (Phi) is 4.29. The van der Waals surface area contributed by atoms with E-state index >= 15 is 0 Å². The molecule has 0 unspecified atom stereocenters. The SMILES string of the molecule is CC(C)(C)NC1CC(N2CCN(C(C)(C)C)CC2)C1. The highest BCUT2D eigenvalue weighted by Crippen LogP contribution is 2.29. The molecular weight excluding hydrogens is 234 g/mol. The fourth-order valence-electron chi connectivity index (χ4n) is 3.37. The molecule has 1 N–H and O–H groups in total. The molecule has 0 atom stereocenters. The average Bonchev–Trinajstić information content (AvgIpc) is 2.20. The first-order chi connectivity index (χ1) is 8.65. The summed E-state index contributed by atoms with van der Waals surface area (Å²) in [6.07, 6.45) is 2.68. The zero-order valence-corrected chi connectivity index (χ0v) is 13.8. The monoisotopic (exact) mass is 267 g/mol. The molecule has 2 fully saturated rings. The molecule has 0 radical (unpaired) electrons. The maximum atomic E-state index is 3.72. The Balaban J connectivity index is 1.70. The van der Waals surface area contributed by atoms with Crippen LogP contribution in [0.2, 0.25) is 0 Å². The molecule has 0 bridgehead atoms. The van der Waals surface area contributed by atoms with Gasteiger partial charge in [-0.2, -0.15) is 0 Å². The Bertz CT molecular complexity index is 286. The minimum atomic E-state index is 0.264. The fourth-order valence-corrected chi connectivity index (χ4v) is 3.37. The van der Waals surface area contributed by atoms with Crippen LogP contribution in [0, 0.1) is 0 Å². The third-order valence-corrected chi connectivity index (χ3v) is 4.53. The molecule has 1 aliphatic heterocycles. The predicted octanol–water partition coefficient (Wildman–Crippen LogP) is 2.32. The molecule has 19 heavy (non-hydrogen) atoms. The van der Waals surface area contributed by atoms with Crippen molar-refractivity contribution in [2.45, 2.75) is 77.5 Å². The number of piperazine rings is 1. The standard InChI is InChI=1S/C16H33N3/c1-15(2,3)17-13-11-14(12-13)18-7-9-19(10-8-18)16(4,5)6/h13-14,17H,7-12H2,1-6H3. The van der Waals surface area contributed by atoms with Crippen molar-refractivity contribution in [2.24, 2.45) is 0 Å². The third-order valence-electron chi connectivity index (χ3n) is 4.53. The van der Waals surface area contributed by atoms with E-state index in [1.807, 2.05) is 0 Å². The number of hydrogen-bond donors (Lipinski definition) is 1. The zero-order valence-electron chi connectivity index (χ0n) is 13.8. The summed E-state index contributed by atoms with van der Waals surface area (Å²) in [5, 5.41) is 3.72. The van der Waals surface area contributed by atoms with Crippen molar-refractivity contribution in [3.05, 3.63) is 0 Å². The van der Waals surface area contributed by atoms with Crippen LogP contribution < -0.4 is 5.32 Å². The molecule has 3 nitrogen and oxygen atoms in total. The van der Waals surface area contributed by atoms with Gasteiger partial charge in [0.2, 0.25) is 0 Å². The van der Waals surface area contributed by atoms with E-state index in [1.54, 1.807) is 0 Å². The molecular formula is C16H33N3. The quantitative estimate of drug-likeness (QED) is 0.828. The highest BCUT2D eigenvalue weighted by molar-refractivity contribution is 4.96. The molecule has 1 saturated carbocycles. The van der Waals surface area contributed by atoms with Gasteiger partial charge in [-0.15, -0.1) is 0 Å². The summed E-state index contributed by atoms with van der Waals surface area (Å²) in [5.41, 5.74) is 0.600. The molecule has 1 heterocycles. The summed E-state index contributed by atoms with van der Waals surface area (Å²) in [5.74, 6) is 0. The maximum Gasteiger partial charge on any atom is 0.0126 e. The van der Waals surface area contributed by atoms with Crippen LogP contribution in [0.15, 0.2) is 0 Å². The Hall–Kier alpha value is -0.120. The lowest BCUT2D eigenvalue weighted by atomic mass is 9.83. The molecule has 0 amide bonds. The molecule has 0 spiro atoms. The Morgan fingerprint density at radius 1 is 0.842 bits per heavy atom. The predicted molar refractivity (Wildman–Crippen MR) is 82.6 cm³/mol. The first kappa shape index (κ1) is 15.3. The van der Waals surface area contributed by atoms with Crippen molar-refractivity contribution >= 4 is 0 Å². The van der Waals surface area contributed by atoms with E-state index in [2.05, 4.69) is 56.7 Å². The Labute approximate surface area is 119 Å². The van der Waals surface area contributed by atoms with Crippen LogP contribution in [-0.4, -0.2) is 59.1 Å². The van der Waals surface area contributed by atoms with Crippen molar-refractivity contribution in [2.75, 3.05) is 26.2 Å². The minimum absolute atomic E-state index is 0.264. The molecule has 1 aliphatic carbocycles. The van der Waals surface area contributed by atoms with E-state index in [0.717, 1.165) is 12.1 Å². The number of rotatable bonds is 2. The Morgan fingerprint density at radius 2 is 1.37 bits per heavy atom.